The number of hydrogen-bond donors (Lipinski definition) is 2. The van der Waals surface area contributed by atoms with Gasteiger partial charge in [-0.15, -0.1) is 10.2 Å². The van der Waals surface area contributed by atoms with Crippen molar-refractivity contribution in [2.75, 3.05) is 5.75 Å². The third-order valence-corrected chi connectivity index (χ3v) is 6.22. The highest BCUT2D eigenvalue weighted by atomic mass is 32.2. The highest BCUT2D eigenvalue weighted by Crippen LogP contribution is 2.25. The summed E-state index contributed by atoms with van der Waals surface area (Å²) < 4.78 is 1.91. The molecule has 0 fully saturated rings. The summed E-state index contributed by atoms with van der Waals surface area (Å²) in [6, 6.07) is 16.7. The molecule has 0 aliphatic carbocycles. The molecule has 9 nitrogen and oxygen atoms in total. The first-order valence-corrected chi connectivity index (χ1v) is 12.1. The van der Waals surface area contributed by atoms with E-state index in [1.807, 2.05) is 53.1 Å². The van der Waals surface area contributed by atoms with Gasteiger partial charge in [-0.25, -0.2) is 4.98 Å². The Kier molecular flexibility index (Phi) is 7.53. The predicted molar refractivity (Wildman–Crippen MR) is 127 cm³/mol. The van der Waals surface area contributed by atoms with Crippen LogP contribution in [0.1, 0.15) is 17.2 Å². The van der Waals surface area contributed by atoms with Gasteiger partial charge in [0.15, 0.2) is 10.3 Å². The van der Waals surface area contributed by atoms with Gasteiger partial charge < -0.3 is 10.3 Å². The second kappa shape index (κ2) is 10.9. The summed E-state index contributed by atoms with van der Waals surface area (Å²) >= 11 is 2.68. The van der Waals surface area contributed by atoms with Gasteiger partial charge in [-0.3, -0.25) is 19.1 Å². The molecule has 0 atom stereocenters. The van der Waals surface area contributed by atoms with Gasteiger partial charge in [0, 0.05) is 23.6 Å². The zero-order valence-corrected chi connectivity index (χ0v) is 19.4. The molecule has 3 heterocycles. The van der Waals surface area contributed by atoms with Crippen LogP contribution in [0.4, 0.5) is 0 Å². The second-order valence-corrected chi connectivity index (χ2v) is 8.84. The van der Waals surface area contributed by atoms with Gasteiger partial charge in [0.25, 0.3) is 5.56 Å². The average molecular weight is 480 g/mol. The Morgan fingerprint density at radius 2 is 1.91 bits per heavy atom. The number of H-pyrrole nitrogens is 1. The zero-order chi connectivity index (χ0) is 23.0. The summed E-state index contributed by atoms with van der Waals surface area (Å²) in [5.74, 6) is 1.20. The molecule has 4 aromatic rings. The molecule has 0 bridgehead atoms. The first-order valence-electron chi connectivity index (χ1n) is 10.1. The fourth-order valence-electron chi connectivity index (χ4n) is 2.95. The van der Waals surface area contributed by atoms with Crippen LogP contribution in [0.15, 0.2) is 75.9 Å². The van der Waals surface area contributed by atoms with Crippen molar-refractivity contribution in [1.29, 1.82) is 0 Å². The van der Waals surface area contributed by atoms with Gasteiger partial charge in [-0.2, -0.15) is 0 Å². The minimum absolute atomic E-state index is 0.120. The standard InChI is InChI=1S/C22H21N7O2S2/c1-15-11-19(30)26-21(25-15)32-13-18-27-28-22(29(18)17-8-3-2-4-9-17)33-14-20(31)24-12-16-7-5-6-10-23-16/h2-11H,12-14H2,1H3,(H,24,31)(H,25,26,30). The molecular weight excluding hydrogens is 458 g/mol. The minimum Gasteiger partial charge on any atom is -0.350 e. The highest BCUT2D eigenvalue weighted by molar-refractivity contribution is 7.99. The molecule has 33 heavy (non-hydrogen) atoms. The predicted octanol–water partition coefficient (Wildman–Crippen LogP) is 2.75. The second-order valence-electron chi connectivity index (χ2n) is 6.94. The molecule has 0 saturated carbocycles. The van der Waals surface area contributed by atoms with Crippen LogP contribution in [0.2, 0.25) is 0 Å². The maximum Gasteiger partial charge on any atom is 0.251 e. The number of nitrogens with zero attached hydrogens (tertiary/aromatic N) is 5. The molecule has 1 amide bonds. The van der Waals surface area contributed by atoms with E-state index in [0.717, 1.165) is 11.4 Å². The highest BCUT2D eigenvalue weighted by Gasteiger charge is 2.16. The van der Waals surface area contributed by atoms with E-state index in [2.05, 4.69) is 30.5 Å². The number of benzene rings is 1. The van der Waals surface area contributed by atoms with Crippen LogP contribution in [-0.4, -0.2) is 41.4 Å². The summed E-state index contributed by atoms with van der Waals surface area (Å²) in [6.07, 6.45) is 1.69. The molecule has 0 unspecified atom stereocenters. The summed E-state index contributed by atoms with van der Waals surface area (Å²) in [5, 5.41) is 12.6. The van der Waals surface area contributed by atoms with E-state index in [1.54, 1.807) is 13.1 Å². The lowest BCUT2D eigenvalue weighted by molar-refractivity contribution is -0.118. The largest absolute Gasteiger partial charge is 0.350 e. The molecule has 168 valence electrons. The third-order valence-electron chi connectivity index (χ3n) is 4.43. The van der Waals surface area contributed by atoms with Gasteiger partial charge in [-0.05, 0) is 31.2 Å². The Hall–Kier alpha value is -3.44. The Labute approximate surface area is 198 Å². The summed E-state index contributed by atoms with van der Waals surface area (Å²) in [7, 11) is 0. The fraction of sp³-hybridized carbons (Fsp3) is 0.182. The number of aromatic amines is 1. The average Bonchev–Trinajstić information content (AvgIpc) is 3.23. The minimum atomic E-state index is -0.192. The van der Waals surface area contributed by atoms with Crippen LogP contribution in [0, 0.1) is 6.92 Å². The molecule has 3 aromatic heterocycles. The first-order chi connectivity index (χ1) is 16.1. The number of pyridine rings is 1. The SMILES string of the molecule is Cc1cc(=O)[nH]c(SCc2nnc(SCC(=O)NCc3ccccn3)n2-c2ccccc2)n1. The molecule has 1 aromatic carbocycles. The lowest BCUT2D eigenvalue weighted by Crippen LogP contribution is -2.25. The Morgan fingerprint density at radius 1 is 1.09 bits per heavy atom. The summed E-state index contributed by atoms with van der Waals surface area (Å²) in [5.41, 5.74) is 2.15. The number of carbonyl (C=O) groups is 1. The van der Waals surface area contributed by atoms with Crippen molar-refractivity contribution in [1.82, 2.24) is 35.0 Å². The number of nitrogens with one attached hydrogen (secondary N) is 2. The molecular formula is C22H21N7O2S2. The Morgan fingerprint density at radius 3 is 2.67 bits per heavy atom. The van der Waals surface area contributed by atoms with Crippen molar-refractivity contribution >= 4 is 29.4 Å². The number of carbonyl (C=O) groups excluding carboxylic acids is 1. The molecule has 0 aliphatic heterocycles. The van der Waals surface area contributed by atoms with Crippen molar-refractivity contribution in [2.24, 2.45) is 0 Å². The smallest absolute Gasteiger partial charge is 0.251 e. The number of aryl methyl sites for hydroxylation is 1. The summed E-state index contributed by atoms with van der Waals surface area (Å²) in [6.45, 7) is 2.15. The number of thioether (sulfide) groups is 2. The van der Waals surface area contributed by atoms with Crippen LogP contribution in [0.5, 0.6) is 0 Å². The van der Waals surface area contributed by atoms with E-state index in [4.69, 9.17) is 0 Å². The van der Waals surface area contributed by atoms with E-state index in [0.29, 0.717) is 34.1 Å². The molecule has 11 heteroatoms. The summed E-state index contributed by atoms with van der Waals surface area (Å²) in [4.78, 5) is 35.4. The van der Waals surface area contributed by atoms with Gasteiger partial charge >= 0.3 is 0 Å². The number of hydrogen-bond acceptors (Lipinski definition) is 8. The Balaban J connectivity index is 1.46. The topological polar surface area (TPSA) is 118 Å². The van der Waals surface area contributed by atoms with Gasteiger partial charge in [-0.1, -0.05) is 47.8 Å². The maximum atomic E-state index is 12.4. The van der Waals surface area contributed by atoms with E-state index < -0.39 is 0 Å². The Bertz CT molecular complexity index is 1280. The van der Waals surface area contributed by atoms with E-state index >= 15 is 0 Å². The van der Waals surface area contributed by atoms with Crippen molar-refractivity contribution < 1.29 is 4.79 Å². The van der Waals surface area contributed by atoms with E-state index in [1.165, 1.54) is 29.6 Å². The van der Waals surface area contributed by atoms with E-state index in [-0.39, 0.29) is 17.2 Å². The number of para-hydroxylation sites is 1. The van der Waals surface area contributed by atoms with Crippen molar-refractivity contribution in [3.8, 4) is 5.69 Å². The van der Waals surface area contributed by atoms with Crippen molar-refractivity contribution in [2.45, 2.75) is 29.5 Å². The molecule has 0 radical (unpaired) electrons. The molecule has 0 saturated heterocycles. The lowest BCUT2D eigenvalue weighted by atomic mass is 10.3. The van der Waals surface area contributed by atoms with Crippen LogP contribution in [0.25, 0.3) is 5.69 Å². The molecule has 4 rings (SSSR count). The van der Waals surface area contributed by atoms with Crippen LogP contribution in [-0.2, 0) is 17.1 Å². The van der Waals surface area contributed by atoms with Crippen LogP contribution in [0.3, 0.4) is 0 Å². The van der Waals surface area contributed by atoms with Crippen LogP contribution >= 0.6 is 23.5 Å². The fourth-order valence-corrected chi connectivity index (χ4v) is 4.58. The van der Waals surface area contributed by atoms with Crippen molar-refractivity contribution in [3.05, 3.63) is 88.4 Å². The number of rotatable bonds is 9. The van der Waals surface area contributed by atoms with Crippen molar-refractivity contribution in [3.63, 3.8) is 0 Å². The van der Waals surface area contributed by atoms with Gasteiger partial charge in [0.05, 0.1) is 23.7 Å². The van der Waals surface area contributed by atoms with Gasteiger partial charge in [0.1, 0.15) is 5.82 Å². The van der Waals surface area contributed by atoms with Crippen LogP contribution < -0.4 is 10.9 Å². The molecule has 2 N–H and O–H groups in total. The normalized spacial score (nSPS) is 10.8. The molecule has 0 spiro atoms. The molecule has 0 aliphatic rings. The quantitative estimate of drug-likeness (QED) is 0.278. The lowest BCUT2D eigenvalue weighted by Gasteiger charge is -2.10. The maximum absolute atomic E-state index is 12.4. The van der Waals surface area contributed by atoms with Gasteiger partial charge in [0.2, 0.25) is 5.91 Å². The first kappa shape index (κ1) is 22.7. The monoisotopic (exact) mass is 479 g/mol. The van der Waals surface area contributed by atoms with E-state index in [9.17, 15) is 9.59 Å². The third kappa shape index (κ3) is 6.30. The number of amides is 1. The zero-order valence-electron chi connectivity index (χ0n) is 17.8. The number of aromatic nitrogens is 6.